The van der Waals surface area contributed by atoms with Gasteiger partial charge < -0.3 is 5.32 Å². The van der Waals surface area contributed by atoms with E-state index < -0.39 is 4.92 Å². The molecule has 1 aromatic heterocycles. The molecule has 0 radical (unpaired) electrons. The molecule has 0 amide bonds. The molecule has 0 aromatic carbocycles. The molecule has 21 heavy (non-hydrogen) atoms. The molecule has 2 heterocycles. The average molecular weight is 295 g/mol. The number of hydrogen-bond donors (Lipinski definition) is 3. The highest BCUT2D eigenvalue weighted by molar-refractivity contribution is 5.60. The van der Waals surface area contributed by atoms with Gasteiger partial charge >= 0.3 is 5.69 Å². The molecular formula is C12H21N7O2. The third-order valence-corrected chi connectivity index (χ3v) is 3.78. The van der Waals surface area contributed by atoms with Crippen molar-refractivity contribution < 1.29 is 4.92 Å². The molecule has 1 unspecified atom stereocenters. The van der Waals surface area contributed by atoms with Gasteiger partial charge in [0, 0.05) is 12.6 Å². The van der Waals surface area contributed by atoms with E-state index in [9.17, 15) is 10.1 Å². The number of likely N-dealkylation sites (tertiary alicyclic amines) is 1. The molecule has 9 heteroatoms. The van der Waals surface area contributed by atoms with Gasteiger partial charge in [-0.25, -0.2) is 10.8 Å². The standard InChI is InChI=1S/C12H21N7O2/c1-3-18-6-4-5-9(18)7-14-11-10(19(20)21)8(2)15-12(16-11)17-13/h9H,3-7,13H2,1-2H3,(H2,14,15,16,17). The van der Waals surface area contributed by atoms with Crippen molar-refractivity contribution in [1.29, 1.82) is 0 Å². The number of nitrogens with one attached hydrogen (secondary N) is 2. The fraction of sp³-hybridized carbons (Fsp3) is 0.667. The molecule has 0 aliphatic carbocycles. The van der Waals surface area contributed by atoms with Crippen molar-refractivity contribution in [1.82, 2.24) is 14.9 Å². The van der Waals surface area contributed by atoms with E-state index >= 15 is 0 Å². The summed E-state index contributed by atoms with van der Waals surface area (Å²) >= 11 is 0. The van der Waals surface area contributed by atoms with Crippen LogP contribution in [0.2, 0.25) is 0 Å². The van der Waals surface area contributed by atoms with Gasteiger partial charge in [0.1, 0.15) is 5.69 Å². The average Bonchev–Trinajstić information content (AvgIpc) is 2.91. The van der Waals surface area contributed by atoms with Crippen molar-refractivity contribution in [3.63, 3.8) is 0 Å². The van der Waals surface area contributed by atoms with Crippen molar-refractivity contribution in [2.24, 2.45) is 5.84 Å². The first-order chi connectivity index (χ1) is 10.1. The maximum absolute atomic E-state index is 11.2. The first-order valence-electron chi connectivity index (χ1n) is 7.04. The van der Waals surface area contributed by atoms with E-state index in [1.165, 1.54) is 0 Å². The highest BCUT2D eigenvalue weighted by atomic mass is 16.6. The first kappa shape index (κ1) is 15.4. The van der Waals surface area contributed by atoms with Crippen molar-refractivity contribution in [2.75, 3.05) is 30.4 Å². The molecule has 0 saturated carbocycles. The largest absolute Gasteiger partial charge is 0.363 e. The molecule has 9 nitrogen and oxygen atoms in total. The zero-order chi connectivity index (χ0) is 15.4. The zero-order valence-corrected chi connectivity index (χ0v) is 12.3. The topological polar surface area (TPSA) is 122 Å². The van der Waals surface area contributed by atoms with Gasteiger partial charge in [0.25, 0.3) is 0 Å². The van der Waals surface area contributed by atoms with Crippen LogP contribution in [0, 0.1) is 17.0 Å². The summed E-state index contributed by atoms with van der Waals surface area (Å²) in [7, 11) is 0. The van der Waals surface area contributed by atoms with Crippen LogP contribution in [0.4, 0.5) is 17.5 Å². The molecule has 1 aliphatic heterocycles. The Morgan fingerprint density at radius 3 is 2.90 bits per heavy atom. The number of nitrogens with two attached hydrogens (primary N) is 1. The van der Waals surface area contributed by atoms with Gasteiger partial charge in [-0.05, 0) is 32.9 Å². The summed E-state index contributed by atoms with van der Waals surface area (Å²) < 4.78 is 0. The molecule has 1 fully saturated rings. The van der Waals surface area contributed by atoms with Gasteiger partial charge in [-0.3, -0.25) is 20.4 Å². The lowest BCUT2D eigenvalue weighted by Gasteiger charge is -2.23. The molecule has 1 atom stereocenters. The molecule has 1 saturated heterocycles. The van der Waals surface area contributed by atoms with Crippen LogP contribution in [-0.2, 0) is 0 Å². The Hall–Kier alpha value is -2.00. The van der Waals surface area contributed by atoms with Crippen molar-refractivity contribution in [3.8, 4) is 0 Å². The van der Waals surface area contributed by atoms with E-state index in [0.29, 0.717) is 12.6 Å². The predicted molar refractivity (Wildman–Crippen MR) is 80.0 cm³/mol. The zero-order valence-electron chi connectivity index (χ0n) is 12.3. The summed E-state index contributed by atoms with van der Waals surface area (Å²) in [5.41, 5.74) is 2.51. The highest BCUT2D eigenvalue weighted by Gasteiger charge is 2.26. The molecule has 0 bridgehead atoms. The van der Waals surface area contributed by atoms with Crippen molar-refractivity contribution >= 4 is 17.5 Å². The molecule has 1 aliphatic rings. The summed E-state index contributed by atoms with van der Waals surface area (Å²) in [6, 6.07) is 0.374. The van der Waals surface area contributed by atoms with Gasteiger partial charge in [-0.1, -0.05) is 6.92 Å². The van der Waals surface area contributed by atoms with Crippen LogP contribution in [0.25, 0.3) is 0 Å². The smallest absolute Gasteiger partial charge is 0.332 e. The highest BCUT2D eigenvalue weighted by Crippen LogP contribution is 2.27. The summed E-state index contributed by atoms with van der Waals surface area (Å²) in [5, 5.41) is 14.3. The molecule has 1 aromatic rings. The Morgan fingerprint density at radius 1 is 1.52 bits per heavy atom. The lowest BCUT2D eigenvalue weighted by molar-refractivity contribution is -0.385. The van der Waals surface area contributed by atoms with Gasteiger partial charge in [0.15, 0.2) is 0 Å². The fourth-order valence-corrected chi connectivity index (χ4v) is 2.73. The van der Waals surface area contributed by atoms with E-state index in [-0.39, 0.29) is 23.1 Å². The number of aromatic nitrogens is 2. The number of nitrogen functional groups attached to an aromatic ring is 1. The molecule has 2 rings (SSSR count). The third kappa shape index (κ3) is 3.37. The normalized spacial score (nSPS) is 18.7. The van der Waals surface area contributed by atoms with Crippen molar-refractivity contribution in [3.05, 3.63) is 15.8 Å². The van der Waals surface area contributed by atoms with Gasteiger partial charge in [0.2, 0.25) is 11.8 Å². The number of rotatable bonds is 6. The molecule has 4 N–H and O–H groups in total. The SMILES string of the molecule is CCN1CCCC1CNc1nc(NN)nc(C)c1[N+](=O)[O-]. The number of likely N-dealkylation sites (N-methyl/N-ethyl adjacent to an activating group) is 1. The monoisotopic (exact) mass is 295 g/mol. The Bertz CT molecular complexity index is 523. The van der Waals surface area contributed by atoms with Gasteiger partial charge in [-0.15, -0.1) is 0 Å². The number of hydrogen-bond acceptors (Lipinski definition) is 8. The van der Waals surface area contributed by atoms with Crippen LogP contribution in [0.15, 0.2) is 0 Å². The van der Waals surface area contributed by atoms with E-state index in [1.807, 2.05) is 0 Å². The maximum atomic E-state index is 11.2. The summed E-state index contributed by atoms with van der Waals surface area (Å²) in [4.78, 5) is 21.1. The number of nitrogens with zero attached hydrogens (tertiary/aromatic N) is 4. The fourth-order valence-electron chi connectivity index (χ4n) is 2.73. The second-order valence-electron chi connectivity index (χ2n) is 5.04. The van der Waals surface area contributed by atoms with E-state index in [4.69, 9.17) is 5.84 Å². The van der Waals surface area contributed by atoms with E-state index in [2.05, 4.69) is 32.5 Å². The molecule has 116 valence electrons. The third-order valence-electron chi connectivity index (χ3n) is 3.78. The summed E-state index contributed by atoms with van der Waals surface area (Å²) in [6.45, 7) is 6.36. The minimum absolute atomic E-state index is 0.102. The number of hydrazine groups is 1. The predicted octanol–water partition coefficient (Wildman–Crippen LogP) is 0.875. The Kier molecular flexibility index (Phi) is 4.86. The minimum atomic E-state index is -0.468. The second kappa shape index (κ2) is 6.64. The van der Waals surface area contributed by atoms with Gasteiger partial charge in [0.05, 0.1) is 4.92 Å². The lowest BCUT2D eigenvalue weighted by Crippen LogP contribution is -2.35. The summed E-state index contributed by atoms with van der Waals surface area (Å²) in [6.07, 6.45) is 2.24. The number of nitro groups is 1. The van der Waals surface area contributed by atoms with E-state index in [0.717, 1.165) is 25.9 Å². The second-order valence-corrected chi connectivity index (χ2v) is 5.04. The Balaban J connectivity index is 2.18. The van der Waals surface area contributed by atoms with Crippen LogP contribution in [0.3, 0.4) is 0 Å². The Morgan fingerprint density at radius 2 is 2.29 bits per heavy atom. The molecule has 0 spiro atoms. The minimum Gasteiger partial charge on any atom is -0.363 e. The maximum Gasteiger partial charge on any atom is 0.332 e. The number of anilines is 2. The van der Waals surface area contributed by atoms with Crippen molar-refractivity contribution in [2.45, 2.75) is 32.7 Å². The summed E-state index contributed by atoms with van der Waals surface area (Å²) in [5.74, 6) is 5.67. The van der Waals surface area contributed by atoms with Crippen LogP contribution in [0.1, 0.15) is 25.5 Å². The van der Waals surface area contributed by atoms with Crippen LogP contribution in [-0.4, -0.2) is 45.5 Å². The quantitative estimate of drug-likeness (QED) is 0.401. The first-order valence-corrected chi connectivity index (χ1v) is 7.04. The van der Waals surface area contributed by atoms with Crippen LogP contribution in [0.5, 0.6) is 0 Å². The van der Waals surface area contributed by atoms with E-state index in [1.54, 1.807) is 6.92 Å². The van der Waals surface area contributed by atoms with Crippen LogP contribution >= 0.6 is 0 Å². The Labute approximate surface area is 123 Å². The van der Waals surface area contributed by atoms with Gasteiger partial charge in [-0.2, -0.15) is 4.98 Å². The molecular weight excluding hydrogens is 274 g/mol. The van der Waals surface area contributed by atoms with Crippen LogP contribution < -0.4 is 16.6 Å². The number of aryl methyl sites for hydroxylation is 1. The lowest BCUT2D eigenvalue weighted by atomic mass is 10.2.